The lowest BCUT2D eigenvalue weighted by Gasteiger charge is -2.26. The van der Waals surface area contributed by atoms with Gasteiger partial charge in [-0.3, -0.25) is 0 Å². The normalized spacial score (nSPS) is 35.2. The highest BCUT2D eigenvalue weighted by atomic mass is 35.5. The molecule has 0 radical (unpaired) electrons. The minimum absolute atomic E-state index is 0.360. The zero-order valence-electron chi connectivity index (χ0n) is 8.95. The lowest BCUT2D eigenvalue weighted by molar-refractivity contribution is 0.124. The molecule has 1 nitrogen and oxygen atoms in total. The number of hydrogen-bond acceptors (Lipinski definition) is 1. The van der Waals surface area contributed by atoms with E-state index in [1.165, 1.54) is 6.42 Å². The molecule has 0 spiro atoms. The summed E-state index contributed by atoms with van der Waals surface area (Å²) < 4.78 is 5.97. The van der Waals surface area contributed by atoms with Gasteiger partial charge in [0.15, 0.2) is 5.60 Å². The molecule has 82 valence electrons. The van der Waals surface area contributed by atoms with Crippen molar-refractivity contribution in [3.63, 3.8) is 0 Å². The van der Waals surface area contributed by atoms with Gasteiger partial charge in [-0.25, -0.2) is 0 Å². The Bertz CT molecular complexity index is 433. The minimum Gasteiger partial charge on any atom is -0.475 e. The van der Waals surface area contributed by atoms with Crippen molar-refractivity contribution < 1.29 is 4.74 Å². The summed E-state index contributed by atoms with van der Waals surface area (Å²) in [6.45, 7) is 0. The molecule has 2 saturated carbocycles. The maximum Gasteiger partial charge on any atom is 0.169 e. The Kier molecular flexibility index (Phi) is 2.16. The predicted octanol–water partition coefficient (Wildman–Crippen LogP) is 3.52. The molecule has 2 atom stereocenters. The second kappa shape index (κ2) is 3.43. The van der Waals surface area contributed by atoms with Crippen molar-refractivity contribution >= 4 is 11.6 Å². The van der Waals surface area contributed by atoms with Crippen LogP contribution < -0.4 is 4.74 Å². The first-order valence-electron chi connectivity index (χ1n) is 5.63. The number of ether oxygens (including phenoxy) is 1. The minimum atomic E-state index is -0.360. The highest BCUT2D eigenvalue weighted by molar-refractivity contribution is 6.30. The molecule has 0 saturated heterocycles. The summed E-state index contributed by atoms with van der Waals surface area (Å²) >= 11 is 5.83. The van der Waals surface area contributed by atoms with E-state index in [9.17, 15) is 0 Å². The maximum atomic E-state index is 5.97. The molecule has 2 heteroatoms. The van der Waals surface area contributed by atoms with E-state index in [2.05, 4.69) is 5.92 Å². The molecule has 0 aliphatic heterocycles. The van der Waals surface area contributed by atoms with Crippen LogP contribution in [0.25, 0.3) is 0 Å². The average molecular weight is 233 g/mol. The molecule has 2 aliphatic rings. The van der Waals surface area contributed by atoms with E-state index in [0.717, 1.165) is 35.4 Å². The monoisotopic (exact) mass is 232 g/mol. The third-order valence-corrected chi connectivity index (χ3v) is 3.89. The molecule has 2 unspecified atom stereocenters. The second-order valence-corrected chi connectivity index (χ2v) is 5.30. The first-order chi connectivity index (χ1) is 7.71. The Labute approximate surface area is 101 Å². The molecular formula is C14H13ClO. The van der Waals surface area contributed by atoms with Gasteiger partial charge in [0.2, 0.25) is 0 Å². The smallest absolute Gasteiger partial charge is 0.169 e. The Hall–Kier alpha value is -1.13. The molecule has 16 heavy (non-hydrogen) atoms. The third-order valence-electron chi connectivity index (χ3n) is 3.64. The van der Waals surface area contributed by atoms with Gasteiger partial charge in [0, 0.05) is 17.9 Å². The van der Waals surface area contributed by atoms with Gasteiger partial charge >= 0.3 is 0 Å². The van der Waals surface area contributed by atoms with Crippen molar-refractivity contribution in [3.05, 3.63) is 29.3 Å². The number of hydrogen-bond donors (Lipinski definition) is 0. The van der Waals surface area contributed by atoms with Gasteiger partial charge < -0.3 is 4.74 Å². The van der Waals surface area contributed by atoms with Crippen molar-refractivity contribution in [2.24, 2.45) is 11.8 Å². The van der Waals surface area contributed by atoms with Crippen LogP contribution in [0.3, 0.4) is 0 Å². The van der Waals surface area contributed by atoms with E-state index < -0.39 is 0 Å². The van der Waals surface area contributed by atoms with Crippen molar-refractivity contribution in [1.82, 2.24) is 0 Å². The van der Waals surface area contributed by atoms with Gasteiger partial charge in [-0.15, -0.1) is 6.42 Å². The molecule has 1 aromatic carbocycles. The van der Waals surface area contributed by atoms with Gasteiger partial charge in [0.1, 0.15) is 5.75 Å². The third kappa shape index (κ3) is 1.68. The summed E-state index contributed by atoms with van der Waals surface area (Å²) in [7, 11) is 0. The fraction of sp³-hybridized carbons (Fsp3) is 0.429. The highest BCUT2D eigenvalue weighted by Gasteiger charge is 2.54. The van der Waals surface area contributed by atoms with Crippen LogP contribution in [0.1, 0.15) is 19.3 Å². The highest BCUT2D eigenvalue weighted by Crippen LogP contribution is 2.57. The van der Waals surface area contributed by atoms with Gasteiger partial charge in [0.05, 0.1) is 0 Å². The van der Waals surface area contributed by atoms with Gasteiger partial charge in [-0.1, -0.05) is 17.5 Å². The van der Waals surface area contributed by atoms with Gasteiger partial charge in [0.25, 0.3) is 0 Å². The summed E-state index contributed by atoms with van der Waals surface area (Å²) in [5.41, 5.74) is -0.360. The molecule has 1 aromatic rings. The predicted molar refractivity (Wildman–Crippen MR) is 64.5 cm³/mol. The number of halogens is 1. The van der Waals surface area contributed by atoms with Crippen LogP contribution in [-0.2, 0) is 0 Å². The second-order valence-electron chi connectivity index (χ2n) is 4.86. The molecule has 0 amide bonds. The van der Waals surface area contributed by atoms with E-state index >= 15 is 0 Å². The standard InChI is InChI=1S/C14H13ClO/c1-2-14(8-10-7-11(10)9-14)16-13-5-3-12(15)4-6-13/h1,3-6,10-11H,7-9H2. The van der Waals surface area contributed by atoms with Crippen molar-refractivity contribution in [1.29, 1.82) is 0 Å². The Morgan fingerprint density at radius 2 is 1.88 bits per heavy atom. The number of rotatable bonds is 2. The first-order valence-corrected chi connectivity index (χ1v) is 6.01. The first kappa shape index (κ1) is 10.1. The van der Waals surface area contributed by atoms with Gasteiger partial charge in [-0.05, 0) is 42.5 Å². The zero-order valence-corrected chi connectivity index (χ0v) is 9.70. The zero-order chi connectivity index (χ0) is 11.2. The van der Waals surface area contributed by atoms with Crippen LogP contribution in [0.2, 0.25) is 5.02 Å². The van der Waals surface area contributed by atoms with Crippen molar-refractivity contribution in [2.75, 3.05) is 0 Å². The van der Waals surface area contributed by atoms with E-state index in [1.807, 2.05) is 24.3 Å². The van der Waals surface area contributed by atoms with Crippen LogP contribution in [0.15, 0.2) is 24.3 Å². The Balaban J connectivity index is 1.78. The van der Waals surface area contributed by atoms with Crippen LogP contribution in [-0.4, -0.2) is 5.60 Å². The average Bonchev–Trinajstić information content (AvgIpc) is 2.91. The number of fused-ring (bicyclic) bond motifs is 1. The quantitative estimate of drug-likeness (QED) is 0.709. The lowest BCUT2D eigenvalue weighted by Crippen LogP contribution is -2.32. The largest absolute Gasteiger partial charge is 0.475 e. The molecule has 0 heterocycles. The Morgan fingerprint density at radius 1 is 1.25 bits per heavy atom. The maximum absolute atomic E-state index is 5.97. The van der Waals surface area contributed by atoms with Crippen molar-refractivity contribution in [3.8, 4) is 18.1 Å². The molecule has 0 N–H and O–H groups in total. The van der Waals surface area contributed by atoms with E-state index in [4.69, 9.17) is 22.8 Å². The summed E-state index contributed by atoms with van der Waals surface area (Å²) in [6.07, 6.45) is 8.99. The summed E-state index contributed by atoms with van der Waals surface area (Å²) in [4.78, 5) is 0. The molecule has 2 fully saturated rings. The topological polar surface area (TPSA) is 9.23 Å². The molecule has 0 aromatic heterocycles. The molecular weight excluding hydrogens is 220 g/mol. The van der Waals surface area contributed by atoms with Gasteiger partial charge in [-0.2, -0.15) is 0 Å². The van der Waals surface area contributed by atoms with Crippen LogP contribution in [0, 0.1) is 24.2 Å². The fourth-order valence-corrected chi connectivity index (χ4v) is 2.83. The summed E-state index contributed by atoms with van der Waals surface area (Å²) in [5, 5.41) is 0.719. The van der Waals surface area contributed by atoms with Crippen LogP contribution in [0.4, 0.5) is 0 Å². The summed E-state index contributed by atoms with van der Waals surface area (Å²) in [5.74, 6) is 5.29. The molecule has 2 aliphatic carbocycles. The van der Waals surface area contributed by atoms with Crippen LogP contribution >= 0.6 is 11.6 Å². The SMILES string of the molecule is C#CC1(Oc2ccc(Cl)cc2)CC2CC2C1. The Morgan fingerprint density at radius 3 is 2.44 bits per heavy atom. The summed E-state index contributed by atoms with van der Waals surface area (Å²) in [6, 6.07) is 7.42. The van der Waals surface area contributed by atoms with E-state index in [0.29, 0.717) is 0 Å². The van der Waals surface area contributed by atoms with E-state index in [1.54, 1.807) is 0 Å². The fourth-order valence-electron chi connectivity index (χ4n) is 2.70. The van der Waals surface area contributed by atoms with E-state index in [-0.39, 0.29) is 5.60 Å². The molecule has 3 rings (SSSR count). The van der Waals surface area contributed by atoms with Crippen molar-refractivity contribution in [2.45, 2.75) is 24.9 Å². The number of benzene rings is 1. The number of terminal acetylenes is 1. The van der Waals surface area contributed by atoms with Crippen LogP contribution in [0.5, 0.6) is 5.75 Å². The molecule has 0 bridgehead atoms. The lowest BCUT2D eigenvalue weighted by atomic mass is 9.98.